The van der Waals surface area contributed by atoms with E-state index in [1.165, 1.54) is 19.3 Å². The van der Waals surface area contributed by atoms with E-state index in [0.717, 1.165) is 30.0 Å². The quantitative estimate of drug-likeness (QED) is 0.547. The lowest BCUT2D eigenvalue weighted by Crippen LogP contribution is -2.34. The SMILES string of the molecule is O=C(CC(NC(=O)c1ccccc1)c1ccccc1)NCc1cccnc1N1CCCCC1. The van der Waals surface area contributed by atoms with Crippen molar-refractivity contribution in [1.82, 2.24) is 15.6 Å². The van der Waals surface area contributed by atoms with E-state index in [-0.39, 0.29) is 18.2 Å². The van der Waals surface area contributed by atoms with Gasteiger partial charge in [-0.3, -0.25) is 9.59 Å². The van der Waals surface area contributed by atoms with Gasteiger partial charge in [-0.05, 0) is 43.0 Å². The fourth-order valence-electron chi connectivity index (χ4n) is 4.18. The predicted molar refractivity (Wildman–Crippen MR) is 130 cm³/mol. The highest BCUT2D eigenvalue weighted by Crippen LogP contribution is 2.22. The molecule has 6 nitrogen and oxygen atoms in total. The Morgan fingerprint density at radius 3 is 2.30 bits per heavy atom. The maximum atomic E-state index is 12.9. The molecule has 2 N–H and O–H groups in total. The van der Waals surface area contributed by atoms with E-state index >= 15 is 0 Å². The number of nitrogens with zero attached hydrogens (tertiary/aromatic N) is 2. The van der Waals surface area contributed by atoms with Gasteiger partial charge in [-0.2, -0.15) is 0 Å². The van der Waals surface area contributed by atoms with Crippen molar-refractivity contribution in [2.24, 2.45) is 0 Å². The van der Waals surface area contributed by atoms with Gasteiger partial charge in [0.05, 0.1) is 12.5 Å². The van der Waals surface area contributed by atoms with Crippen LogP contribution < -0.4 is 15.5 Å². The van der Waals surface area contributed by atoms with Crippen molar-refractivity contribution < 1.29 is 9.59 Å². The van der Waals surface area contributed by atoms with E-state index in [1.807, 2.05) is 60.7 Å². The van der Waals surface area contributed by atoms with Crippen molar-refractivity contribution in [1.29, 1.82) is 0 Å². The number of nitrogens with one attached hydrogen (secondary N) is 2. The van der Waals surface area contributed by atoms with Crippen LogP contribution in [0.15, 0.2) is 79.0 Å². The number of pyridine rings is 1. The molecule has 0 radical (unpaired) electrons. The van der Waals surface area contributed by atoms with Crippen LogP contribution in [0.4, 0.5) is 5.82 Å². The van der Waals surface area contributed by atoms with Crippen LogP contribution in [0.3, 0.4) is 0 Å². The molecule has 6 heteroatoms. The average molecular weight is 443 g/mol. The van der Waals surface area contributed by atoms with Gasteiger partial charge >= 0.3 is 0 Å². The van der Waals surface area contributed by atoms with Crippen LogP contribution in [0.1, 0.15) is 53.2 Å². The minimum Gasteiger partial charge on any atom is -0.356 e. The van der Waals surface area contributed by atoms with E-state index < -0.39 is 6.04 Å². The van der Waals surface area contributed by atoms with Gasteiger partial charge in [0.15, 0.2) is 0 Å². The van der Waals surface area contributed by atoms with Gasteiger partial charge in [0.25, 0.3) is 5.91 Å². The molecule has 33 heavy (non-hydrogen) atoms. The number of carbonyl (C=O) groups excluding carboxylic acids is 2. The van der Waals surface area contributed by atoms with Crippen LogP contribution in [-0.2, 0) is 11.3 Å². The second-order valence-corrected chi connectivity index (χ2v) is 8.32. The first-order valence-corrected chi connectivity index (χ1v) is 11.6. The Labute approximate surface area is 195 Å². The smallest absolute Gasteiger partial charge is 0.251 e. The normalized spacial score (nSPS) is 14.4. The number of hydrogen-bond acceptors (Lipinski definition) is 4. The Kier molecular flexibility index (Phi) is 7.69. The lowest BCUT2D eigenvalue weighted by Gasteiger charge is -2.29. The third-order valence-corrected chi connectivity index (χ3v) is 5.93. The van der Waals surface area contributed by atoms with Gasteiger partial charge in [-0.15, -0.1) is 0 Å². The van der Waals surface area contributed by atoms with Crippen LogP contribution in [0.2, 0.25) is 0 Å². The van der Waals surface area contributed by atoms with Crippen molar-refractivity contribution in [2.45, 2.75) is 38.3 Å². The highest BCUT2D eigenvalue weighted by Gasteiger charge is 2.20. The number of benzene rings is 2. The topological polar surface area (TPSA) is 74.3 Å². The minimum atomic E-state index is -0.422. The number of aromatic nitrogens is 1. The number of rotatable bonds is 8. The van der Waals surface area contributed by atoms with Gasteiger partial charge in [-0.1, -0.05) is 54.6 Å². The van der Waals surface area contributed by atoms with E-state index in [0.29, 0.717) is 12.1 Å². The lowest BCUT2D eigenvalue weighted by atomic mass is 10.0. The van der Waals surface area contributed by atoms with Gasteiger partial charge < -0.3 is 15.5 Å². The molecule has 2 aromatic carbocycles. The van der Waals surface area contributed by atoms with Crippen LogP contribution >= 0.6 is 0 Å². The number of piperidine rings is 1. The van der Waals surface area contributed by atoms with Crippen LogP contribution in [0.25, 0.3) is 0 Å². The molecule has 4 rings (SSSR count). The standard InChI is InChI=1S/C27H30N4O2/c32-25(29-20-23-15-10-16-28-26(23)31-17-8-3-9-18-31)19-24(21-11-4-1-5-12-21)30-27(33)22-13-6-2-7-14-22/h1-2,4-7,10-16,24H,3,8-9,17-20H2,(H,29,32)(H,30,33). The van der Waals surface area contributed by atoms with Gasteiger partial charge in [0, 0.05) is 37.0 Å². The Bertz CT molecular complexity index is 1050. The number of amides is 2. The molecule has 1 saturated heterocycles. The Morgan fingerprint density at radius 2 is 1.58 bits per heavy atom. The third-order valence-electron chi connectivity index (χ3n) is 5.93. The second-order valence-electron chi connectivity index (χ2n) is 8.32. The number of anilines is 1. The minimum absolute atomic E-state index is 0.120. The first-order valence-electron chi connectivity index (χ1n) is 11.6. The van der Waals surface area contributed by atoms with E-state index in [1.54, 1.807) is 18.3 Å². The summed E-state index contributed by atoms with van der Waals surface area (Å²) < 4.78 is 0. The maximum Gasteiger partial charge on any atom is 0.251 e. The molecule has 2 amide bonds. The Morgan fingerprint density at radius 1 is 0.879 bits per heavy atom. The summed E-state index contributed by atoms with van der Waals surface area (Å²) >= 11 is 0. The summed E-state index contributed by atoms with van der Waals surface area (Å²) in [6, 6.07) is 22.2. The summed E-state index contributed by atoms with van der Waals surface area (Å²) in [6.07, 6.45) is 5.55. The van der Waals surface area contributed by atoms with Crippen molar-refractivity contribution in [3.8, 4) is 0 Å². The van der Waals surface area contributed by atoms with Gasteiger partial charge in [-0.25, -0.2) is 4.98 Å². The lowest BCUT2D eigenvalue weighted by molar-refractivity contribution is -0.121. The second kappa shape index (κ2) is 11.3. The zero-order valence-electron chi connectivity index (χ0n) is 18.7. The molecular weight excluding hydrogens is 412 g/mol. The molecule has 0 bridgehead atoms. The third kappa shape index (κ3) is 6.19. The first kappa shape index (κ1) is 22.5. The van der Waals surface area contributed by atoms with Crippen molar-refractivity contribution >= 4 is 17.6 Å². The van der Waals surface area contributed by atoms with E-state index in [9.17, 15) is 9.59 Å². The molecule has 0 saturated carbocycles. The summed E-state index contributed by atoms with van der Waals surface area (Å²) in [5.41, 5.74) is 2.48. The van der Waals surface area contributed by atoms with Crippen molar-refractivity contribution in [2.75, 3.05) is 18.0 Å². The summed E-state index contributed by atoms with van der Waals surface area (Å²) in [7, 11) is 0. The van der Waals surface area contributed by atoms with Gasteiger partial charge in [0.2, 0.25) is 5.91 Å². The zero-order chi connectivity index (χ0) is 22.9. The van der Waals surface area contributed by atoms with Crippen molar-refractivity contribution in [3.63, 3.8) is 0 Å². The summed E-state index contributed by atoms with van der Waals surface area (Å²) in [5.74, 6) is 0.636. The molecule has 1 aromatic heterocycles. The summed E-state index contributed by atoms with van der Waals surface area (Å²) in [5, 5.41) is 6.06. The highest BCUT2D eigenvalue weighted by molar-refractivity contribution is 5.94. The molecular formula is C27H30N4O2. The molecule has 3 aromatic rings. The zero-order valence-corrected chi connectivity index (χ0v) is 18.7. The average Bonchev–Trinajstić information content (AvgIpc) is 2.89. The Hall–Kier alpha value is -3.67. The van der Waals surface area contributed by atoms with E-state index in [4.69, 9.17) is 0 Å². The molecule has 1 aliphatic heterocycles. The van der Waals surface area contributed by atoms with Crippen LogP contribution in [0.5, 0.6) is 0 Å². The summed E-state index contributed by atoms with van der Waals surface area (Å²) in [4.78, 5) is 32.5. The molecule has 1 aliphatic rings. The van der Waals surface area contributed by atoms with Crippen LogP contribution in [-0.4, -0.2) is 29.9 Å². The number of hydrogen-bond donors (Lipinski definition) is 2. The molecule has 1 atom stereocenters. The summed E-state index contributed by atoms with van der Waals surface area (Å²) in [6.45, 7) is 2.41. The molecule has 0 spiro atoms. The molecule has 1 unspecified atom stereocenters. The Balaban J connectivity index is 1.42. The maximum absolute atomic E-state index is 12.9. The number of carbonyl (C=O) groups is 2. The van der Waals surface area contributed by atoms with Gasteiger partial charge in [0.1, 0.15) is 5.82 Å². The first-order chi connectivity index (χ1) is 16.2. The van der Waals surface area contributed by atoms with Crippen molar-refractivity contribution in [3.05, 3.63) is 95.7 Å². The highest BCUT2D eigenvalue weighted by atomic mass is 16.2. The monoisotopic (exact) mass is 442 g/mol. The predicted octanol–water partition coefficient (Wildman–Crippen LogP) is 4.25. The largest absolute Gasteiger partial charge is 0.356 e. The fourth-order valence-corrected chi connectivity index (χ4v) is 4.18. The molecule has 1 fully saturated rings. The molecule has 2 heterocycles. The fraction of sp³-hybridized carbons (Fsp3) is 0.296. The van der Waals surface area contributed by atoms with E-state index in [2.05, 4.69) is 20.5 Å². The molecule has 0 aliphatic carbocycles. The van der Waals surface area contributed by atoms with Crippen LogP contribution in [0, 0.1) is 0 Å². The molecule has 170 valence electrons.